The van der Waals surface area contributed by atoms with Crippen LogP contribution in [0, 0.1) is 0 Å². The zero-order valence-corrected chi connectivity index (χ0v) is 12.0. The summed E-state index contributed by atoms with van der Waals surface area (Å²) in [5, 5.41) is 19.5. The van der Waals surface area contributed by atoms with Gasteiger partial charge >= 0.3 is 29.6 Å². The van der Waals surface area contributed by atoms with E-state index >= 15 is 0 Å². The van der Waals surface area contributed by atoms with Crippen LogP contribution in [0.2, 0.25) is 0 Å². The van der Waals surface area contributed by atoms with Crippen molar-refractivity contribution in [3.8, 4) is 0 Å². The molecule has 15 heavy (non-hydrogen) atoms. The molecule has 3 nitrogen and oxygen atoms in total. The zero-order chi connectivity index (χ0) is 10.8. The number of carbonyl (C=O) groups is 1. The molecule has 1 N–H and O–H groups in total. The molecule has 0 aliphatic rings. The van der Waals surface area contributed by atoms with Gasteiger partial charge in [-0.15, -0.1) is 0 Å². The van der Waals surface area contributed by atoms with E-state index in [1.54, 1.807) is 0 Å². The van der Waals surface area contributed by atoms with E-state index in [9.17, 15) is 15.0 Å². The summed E-state index contributed by atoms with van der Waals surface area (Å²) in [6.45, 7) is 2.16. The summed E-state index contributed by atoms with van der Waals surface area (Å²) < 4.78 is 0. The molecule has 0 fully saturated rings. The van der Waals surface area contributed by atoms with Crippen molar-refractivity contribution in [1.82, 2.24) is 0 Å². The molecule has 1 unspecified atom stereocenters. The van der Waals surface area contributed by atoms with Crippen LogP contribution in [0.1, 0.15) is 58.3 Å². The molecule has 0 heterocycles. The molecule has 0 bridgehead atoms. The summed E-state index contributed by atoms with van der Waals surface area (Å²) in [6.07, 6.45) is 6.36. The Kier molecular flexibility index (Phi) is 14.8. The molecule has 0 rings (SSSR count). The van der Waals surface area contributed by atoms with Crippen molar-refractivity contribution in [1.29, 1.82) is 0 Å². The van der Waals surface area contributed by atoms with Crippen LogP contribution in [0.5, 0.6) is 0 Å². The molecule has 0 aromatic carbocycles. The van der Waals surface area contributed by atoms with E-state index in [2.05, 4.69) is 6.92 Å². The van der Waals surface area contributed by atoms with Crippen molar-refractivity contribution in [3.63, 3.8) is 0 Å². The number of hydrogen-bond acceptors (Lipinski definition) is 3. The average molecular weight is 224 g/mol. The maximum atomic E-state index is 10.1. The topological polar surface area (TPSA) is 60.4 Å². The molecule has 0 aromatic heterocycles. The molecule has 0 aliphatic heterocycles. The Hall–Kier alpha value is 0.430. The van der Waals surface area contributed by atoms with Gasteiger partial charge in [-0.25, -0.2) is 0 Å². The van der Waals surface area contributed by atoms with Gasteiger partial charge in [0, 0.05) is 5.97 Å². The van der Waals surface area contributed by atoms with Crippen LogP contribution in [-0.2, 0) is 4.79 Å². The van der Waals surface area contributed by atoms with Crippen LogP contribution >= 0.6 is 0 Å². The normalized spacial score (nSPS) is 11.9. The fourth-order valence-corrected chi connectivity index (χ4v) is 1.41. The second-order valence-corrected chi connectivity index (χ2v) is 3.77. The third kappa shape index (κ3) is 14.4. The van der Waals surface area contributed by atoms with Gasteiger partial charge in [-0.2, -0.15) is 0 Å². The van der Waals surface area contributed by atoms with Gasteiger partial charge in [0.25, 0.3) is 0 Å². The van der Waals surface area contributed by atoms with E-state index in [-0.39, 0.29) is 36.0 Å². The van der Waals surface area contributed by atoms with E-state index in [1.165, 1.54) is 19.3 Å². The van der Waals surface area contributed by atoms with Crippen LogP contribution < -0.4 is 34.7 Å². The SMILES string of the molecule is CCCCCCCC(O)CCC(=O)[O-].[Na+]. The number of unbranched alkanes of at least 4 members (excludes halogenated alkanes) is 4. The maximum Gasteiger partial charge on any atom is 1.00 e. The van der Waals surface area contributed by atoms with E-state index in [0.29, 0.717) is 6.42 Å². The number of carbonyl (C=O) groups excluding carboxylic acids is 1. The van der Waals surface area contributed by atoms with Crippen LogP contribution in [0.3, 0.4) is 0 Å². The average Bonchev–Trinajstić information content (AvgIpc) is 2.14. The first-order valence-electron chi connectivity index (χ1n) is 5.54. The van der Waals surface area contributed by atoms with Crippen molar-refractivity contribution in [2.24, 2.45) is 0 Å². The van der Waals surface area contributed by atoms with Crippen molar-refractivity contribution >= 4 is 5.97 Å². The minimum atomic E-state index is -1.07. The van der Waals surface area contributed by atoms with E-state index < -0.39 is 12.1 Å². The van der Waals surface area contributed by atoms with Crippen molar-refractivity contribution in [2.75, 3.05) is 0 Å². The first-order chi connectivity index (χ1) is 6.66. The minimum absolute atomic E-state index is 0. The van der Waals surface area contributed by atoms with E-state index in [0.717, 1.165) is 19.3 Å². The van der Waals surface area contributed by atoms with Gasteiger partial charge in [0.2, 0.25) is 0 Å². The fourth-order valence-electron chi connectivity index (χ4n) is 1.41. The summed E-state index contributed by atoms with van der Waals surface area (Å²) >= 11 is 0. The molecule has 0 spiro atoms. The quantitative estimate of drug-likeness (QED) is 0.373. The van der Waals surface area contributed by atoms with E-state index in [1.807, 2.05) is 0 Å². The molecule has 0 radical (unpaired) electrons. The first-order valence-corrected chi connectivity index (χ1v) is 5.54. The largest absolute Gasteiger partial charge is 1.00 e. The monoisotopic (exact) mass is 224 g/mol. The second kappa shape index (κ2) is 12.5. The Morgan fingerprint density at radius 3 is 2.33 bits per heavy atom. The molecule has 0 amide bonds. The van der Waals surface area contributed by atoms with Crippen LogP contribution in [0.4, 0.5) is 0 Å². The van der Waals surface area contributed by atoms with Gasteiger partial charge in [-0.3, -0.25) is 0 Å². The smallest absolute Gasteiger partial charge is 0.550 e. The number of carboxylic acid groups (broad SMARTS) is 1. The number of carboxylic acids is 1. The van der Waals surface area contributed by atoms with Crippen LogP contribution in [-0.4, -0.2) is 17.2 Å². The minimum Gasteiger partial charge on any atom is -0.550 e. The van der Waals surface area contributed by atoms with Gasteiger partial charge in [0.05, 0.1) is 6.10 Å². The maximum absolute atomic E-state index is 10.1. The molecular formula is C11H21NaO3. The molecule has 84 valence electrons. The fraction of sp³-hybridized carbons (Fsp3) is 0.909. The second-order valence-electron chi connectivity index (χ2n) is 3.77. The molecule has 1 atom stereocenters. The summed E-state index contributed by atoms with van der Waals surface area (Å²) in [7, 11) is 0. The molecule has 0 saturated carbocycles. The van der Waals surface area contributed by atoms with Gasteiger partial charge in [0.1, 0.15) is 0 Å². The predicted octanol–water partition coefficient (Wildman–Crippen LogP) is -1.76. The summed E-state index contributed by atoms with van der Waals surface area (Å²) in [5.41, 5.74) is 0. The number of rotatable bonds is 9. The Balaban J connectivity index is 0. The zero-order valence-electron chi connectivity index (χ0n) is 10.00. The van der Waals surface area contributed by atoms with E-state index in [4.69, 9.17) is 0 Å². The van der Waals surface area contributed by atoms with Gasteiger partial charge in [0.15, 0.2) is 0 Å². The molecule has 0 saturated heterocycles. The summed E-state index contributed by atoms with van der Waals surface area (Å²) in [4.78, 5) is 10.1. The number of aliphatic carboxylic acids is 1. The van der Waals surface area contributed by atoms with Crippen LogP contribution in [0.15, 0.2) is 0 Å². The summed E-state index contributed by atoms with van der Waals surface area (Å²) in [6, 6.07) is 0. The first kappa shape index (κ1) is 17.8. The third-order valence-corrected chi connectivity index (χ3v) is 2.32. The summed E-state index contributed by atoms with van der Waals surface area (Å²) in [5.74, 6) is -1.07. The molecular weight excluding hydrogens is 203 g/mol. The van der Waals surface area contributed by atoms with Gasteiger partial charge < -0.3 is 15.0 Å². The molecule has 4 heteroatoms. The molecule has 0 aliphatic carbocycles. The Bertz CT molecular complexity index is 151. The van der Waals surface area contributed by atoms with Crippen molar-refractivity contribution in [2.45, 2.75) is 64.4 Å². The number of aliphatic hydroxyl groups excluding tert-OH is 1. The van der Waals surface area contributed by atoms with Crippen molar-refractivity contribution in [3.05, 3.63) is 0 Å². The van der Waals surface area contributed by atoms with Gasteiger partial charge in [-0.1, -0.05) is 39.0 Å². The predicted molar refractivity (Wildman–Crippen MR) is 53.6 cm³/mol. The third-order valence-electron chi connectivity index (χ3n) is 2.32. The molecule has 0 aromatic rings. The number of hydrogen-bond donors (Lipinski definition) is 1. The Morgan fingerprint density at radius 2 is 1.80 bits per heavy atom. The van der Waals surface area contributed by atoms with Gasteiger partial charge in [-0.05, 0) is 19.3 Å². The standard InChI is InChI=1S/C11H22O3.Na/c1-2-3-4-5-6-7-10(12)8-9-11(13)14;/h10,12H,2-9H2,1H3,(H,13,14);/q;+1/p-1. The van der Waals surface area contributed by atoms with Crippen molar-refractivity contribution < 1.29 is 44.6 Å². The Labute approximate surface area is 115 Å². The number of aliphatic hydroxyl groups is 1. The Morgan fingerprint density at radius 1 is 1.20 bits per heavy atom. The van der Waals surface area contributed by atoms with Crippen LogP contribution in [0.25, 0.3) is 0 Å².